The van der Waals surface area contributed by atoms with E-state index in [-0.39, 0.29) is 6.04 Å². The number of aryl methyl sites for hydroxylation is 2. The quantitative estimate of drug-likeness (QED) is 0.900. The molecule has 1 atom stereocenters. The normalized spacial score (nSPS) is 17.3. The maximum Gasteiger partial charge on any atom is 0.115 e. The minimum absolute atomic E-state index is 0.204. The number of aromatic nitrogens is 3. The molecule has 5 heteroatoms. The van der Waals surface area contributed by atoms with Gasteiger partial charge >= 0.3 is 0 Å². The molecule has 1 aliphatic rings. The van der Waals surface area contributed by atoms with Crippen molar-refractivity contribution < 1.29 is 0 Å². The highest BCUT2D eigenvalue weighted by atomic mass is 32.1. The van der Waals surface area contributed by atoms with E-state index in [0.717, 1.165) is 10.7 Å². The number of hydrogen-bond donors (Lipinski definition) is 1. The van der Waals surface area contributed by atoms with Crippen LogP contribution >= 0.6 is 11.3 Å². The topological polar surface area (TPSA) is 42.7 Å². The van der Waals surface area contributed by atoms with Gasteiger partial charge in [0.15, 0.2) is 0 Å². The fraction of sp³-hybridized carbons (Fsp3) is 0.500. The summed E-state index contributed by atoms with van der Waals surface area (Å²) in [5.74, 6) is 0. The molecule has 1 fully saturated rings. The van der Waals surface area contributed by atoms with Gasteiger partial charge in [-0.25, -0.2) is 4.98 Å². The Morgan fingerprint density at radius 2 is 2.35 bits per heavy atom. The number of hydrogen-bond acceptors (Lipinski definition) is 4. The molecule has 0 spiro atoms. The van der Waals surface area contributed by atoms with Crippen molar-refractivity contribution in [3.05, 3.63) is 34.0 Å². The second kappa shape index (κ2) is 4.23. The van der Waals surface area contributed by atoms with Crippen molar-refractivity contribution in [2.24, 2.45) is 7.05 Å². The van der Waals surface area contributed by atoms with Crippen LogP contribution in [-0.4, -0.2) is 20.8 Å². The van der Waals surface area contributed by atoms with Crippen molar-refractivity contribution in [1.82, 2.24) is 20.1 Å². The van der Waals surface area contributed by atoms with Gasteiger partial charge in [-0.05, 0) is 19.8 Å². The lowest BCUT2D eigenvalue weighted by Crippen LogP contribution is -2.24. The van der Waals surface area contributed by atoms with Crippen LogP contribution in [0.15, 0.2) is 17.8 Å². The summed E-state index contributed by atoms with van der Waals surface area (Å²) in [6, 6.07) is 0.860. The number of rotatable bonds is 4. The van der Waals surface area contributed by atoms with E-state index in [9.17, 15) is 0 Å². The van der Waals surface area contributed by atoms with Crippen LogP contribution in [0.3, 0.4) is 0 Å². The minimum Gasteiger partial charge on any atom is -0.301 e. The molecule has 2 heterocycles. The molecule has 0 bridgehead atoms. The molecule has 2 aromatic rings. The van der Waals surface area contributed by atoms with E-state index in [4.69, 9.17) is 0 Å². The Hall–Kier alpha value is -1.20. The first-order valence-corrected chi connectivity index (χ1v) is 6.77. The van der Waals surface area contributed by atoms with E-state index in [2.05, 4.69) is 27.0 Å². The van der Waals surface area contributed by atoms with Crippen LogP contribution < -0.4 is 5.32 Å². The molecule has 17 heavy (non-hydrogen) atoms. The molecule has 1 N–H and O–H groups in total. The third-order valence-electron chi connectivity index (χ3n) is 2.92. The van der Waals surface area contributed by atoms with Gasteiger partial charge in [-0.3, -0.25) is 4.68 Å². The van der Waals surface area contributed by atoms with E-state index >= 15 is 0 Å². The zero-order chi connectivity index (χ0) is 11.8. The van der Waals surface area contributed by atoms with Crippen LogP contribution in [0.2, 0.25) is 0 Å². The Morgan fingerprint density at radius 3 is 2.88 bits per heavy atom. The van der Waals surface area contributed by atoms with E-state index in [1.54, 1.807) is 11.3 Å². The minimum atomic E-state index is 0.204. The van der Waals surface area contributed by atoms with Crippen LogP contribution in [-0.2, 0) is 7.05 Å². The highest BCUT2D eigenvalue weighted by molar-refractivity contribution is 7.09. The highest BCUT2D eigenvalue weighted by Crippen LogP contribution is 2.30. The van der Waals surface area contributed by atoms with Gasteiger partial charge in [0.05, 0.1) is 12.2 Å². The Morgan fingerprint density at radius 1 is 1.53 bits per heavy atom. The van der Waals surface area contributed by atoms with E-state index < -0.39 is 0 Å². The summed E-state index contributed by atoms with van der Waals surface area (Å²) in [5, 5.41) is 11.1. The molecule has 0 aromatic carbocycles. The van der Waals surface area contributed by atoms with Crippen LogP contribution in [0.5, 0.6) is 0 Å². The van der Waals surface area contributed by atoms with E-state index in [0.29, 0.717) is 6.04 Å². The zero-order valence-corrected chi connectivity index (χ0v) is 10.9. The summed E-state index contributed by atoms with van der Waals surface area (Å²) < 4.78 is 1.84. The van der Waals surface area contributed by atoms with Crippen LogP contribution in [0.1, 0.15) is 35.1 Å². The summed E-state index contributed by atoms with van der Waals surface area (Å²) in [6.45, 7) is 2.04. The molecule has 4 nitrogen and oxygen atoms in total. The smallest absolute Gasteiger partial charge is 0.115 e. The molecule has 0 radical (unpaired) electrons. The molecule has 2 aromatic heterocycles. The van der Waals surface area contributed by atoms with Gasteiger partial charge in [-0.15, -0.1) is 11.3 Å². The summed E-state index contributed by atoms with van der Waals surface area (Å²) in [5.41, 5.74) is 2.30. The number of nitrogens with zero attached hydrogens (tertiary/aromatic N) is 3. The molecule has 1 saturated carbocycles. The average molecular weight is 248 g/mol. The van der Waals surface area contributed by atoms with Crippen molar-refractivity contribution in [1.29, 1.82) is 0 Å². The number of thiazole rings is 1. The third kappa shape index (κ3) is 2.40. The summed E-state index contributed by atoms with van der Waals surface area (Å²) in [6.07, 6.45) is 6.55. The monoisotopic (exact) mass is 248 g/mol. The van der Waals surface area contributed by atoms with Gasteiger partial charge in [0, 0.05) is 35.9 Å². The van der Waals surface area contributed by atoms with Gasteiger partial charge in [0.2, 0.25) is 0 Å². The average Bonchev–Trinajstić information content (AvgIpc) is 2.86. The van der Waals surface area contributed by atoms with Gasteiger partial charge in [-0.1, -0.05) is 0 Å². The standard InChI is InChI=1S/C12H16N4S/c1-8-7-17-12(14-8)11(15-10-3-4-10)9-5-13-16(2)6-9/h5-7,10-11,15H,3-4H2,1-2H3. The van der Waals surface area contributed by atoms with Crippen molar-refractivity contribution in [2.75, 3.05) is 0 Å². The Balaban J connectivity index is 1.90. The van der Waals surface area contributed by atoms with Crippen LogP contribution in [0.4, 0.5) is 0 Å². The van der Waals surface area contributed by atoms with Crippen molar-refractivity contribution >= 4 is 11.3 Å². The first-order valence-electron chi connectivity index (χ1n) is 5.89. The van der Waals surface area contributed by atoms with Gasteiger partial charge < -0.3 is 5.32 Å². The van der Waals surface area contributed by atoms with Crippen molar-refractivity contribution in [3.8, 4) is 0 Å². The summed E-state index contributed by atoms with van der Waals surface area (Å²) in [7, 11) is 1.95. The Labute approximate surface area is 105 Å². The van der Waals surface area contributed by atoms with Crippen LogP contribution in [0.25, 0.3) is 0 Å². The van der Waals surface area contributed by atoms with Crippen molar-refractivity contribution in [2.45, 2.75) is 31.8 Å². The van der Waals surface area contributed by atoms with Gasteiger partial charge in [0.1, 0.15) is 5.01 Å². The molecule has 3 rings (SSSR count). The Bertz CT molecular complexity index is 472. The lowest BCUT2D eigenvalue weighted by atomic mass is 10.1. The second-order valence-corrected chi connectivity index (χ2v) is 5.54. The molecule has 0 saturated heterocycles. The van der Waals surface area contributed by atoms with Gasteiger partial charge in [-0.2, -0.15) is 5.10 Å². The maximum absolute atomic E-state index is 4.60. The second-order valence-electron chi connectivity index (χ2n) is 4.65. The molecular weight excluding hydrogens is 232 g/mol. The first kappa shape index (κ1) is 10.9. The van der Waals surface area contributed by atoms with E-state index in [1.165, 1.54) is 18.4 Å². The Kier molecular flexibility index (Phi) is 2.72. The fourth-order valence-corrected chi connectivity index (χ4v) is 2.77. The molecule has 1 unspecified atom stereocenters. The molecule has 0 aliphatic heterocycles. The molecular formula is C12H16N4S. The summed E-state index contributed by atoms with van der Waals surface area (Å²) >= 11 is 1.72. The lowest BCUT2D eigenvalue weighted by molar-refractivity contribution is 0.596. The third-order valence-corrected chi connectivity index (χ3v) is 3.95. The summed E-state index contributed by atoms with van der Waals surface area (Å²) in [4.78, 5) is 4.60. The lowest BCUT2D eigenvalue weighted by Gasteiger charge is -2.14. The highest BCUT2D eigenvalue weighted by Gasteiger charge is 2.28. The zero-order valence-electron chi connectivity index (χ0n) is 10.1. The largest absolute Gasteiger partial charge is 0.301 e. The van der Waals surface area contributed by atoms with Gasteiger partial charge in [0.25, 0.3) is 0 Å². The predicted molar refractivity (Wildman–Crippen MR) is 68.1 cm³/mol. The SMILES string of the molecule is Cc1csc(C(NC2CC2)c2cnn(C)c2)n1. The molecule has 0 amide bonds. The van der Waals surface area contributed by atoms with Crippen LogP contribution in [0, 0.1) is 6.92 Å². The molecule has 90 valence electrons. The molecule has 1 aliphatic carbocycles. The first-order chi connectivity index (χ1) is 8.22. The maximum atomic E-state index is 4.60. The number of nitrogens with one attached hydrogen (secondary N) is 1. The predicted octanol–water partition coefficient (Wildman–Crippen LogP) is 2.03. The fourth-order valence-electron chi connectivity index (χ4n) is 1.89. The van der Waals surface area contributed by atoms with Crippen molar-refractivity contribution in [3.63, 3.8) is 0 Å². The van der Waals surface area contributed by atoms with E-state index in [1.807, 2.05) is 24.9 Å².